The average molecular weight is 508 g/mol. The Hall–Kier alpha value is -4.58. The van der Waals surface area contributed by atoms with Crippen molar-refractivity contribution in [3.05, 3.63) is 120 Å². The monoisotopic (exact) mass is 507 g/mol. The van der Waals surface area contributed by atoms with Crippen LogP contribution in [-0.2, 0) is 11.2 Å². The van der Waals surface area contributed by atoms with Crippen molar-refractivity contribution in [3.63, 3.8) is 0 Å². The van der Waals surface area contributed by atoms with Gasteiger partial charge < -0.3 is 20.7 Å². The molecular weight excluding hydrogens is 474 g/mol. The van der Waals surface area contributed by atoms with Crippen LogP contribution in [-0.4, -0.2) is 38.1 Å². The largest absolute Gasteiger partial charge is 0.497 e. The van der Waals surface area contributed by atoms with E-state index >= 15 is 0 Å². The molecule has 4 aromatic rings. The molecule has 0 unspecified atom stereocenters. The third kappa shape index (κ3) is 7.46. The van der Waals surface area contributed by atoms with Gasteiger partial charge in [-0.1, -0.05) is 72.3 Å². The molecule has 0 radical (unpaired) electrons. The van der Waals surface area contributed by atoms with Crippen LogP contribution in [0, 0.1) is 6.92 Å². The van der Waals surface area contributed by atoms with Gasteiger partial charge in [-0.2, -0.15) is 0 Å². The van der Waals surface area contributed by atoms with E-state index in [1.54, 1.807) is 13.2 Å². The van der Waals surface area contributed by atoms with E-state index in [4.69, 9.17) is 4.74 Å². The molecule has 0 fully saturated rings. The van der Waals surface area contributed by atoms with E-state index in [1.807, 2.05) is 91.9 Å². The van der Waals surface area contributed by atoms with Gasteiger partial charge in [-0.3, -0.25) is 9.59 Å². The summed E-state index contributed by atoms with van der Waals surface area (Å²) in [6.07, 6.45) is 0.379. The van der Waals surface area contributed by atoms with Crippen molar-refractivity contribution in [2.45, 2.75) is 19.4 Å². The second-order valence-electron chi connectivity index (χ2n) is 9.11. The molecule has 0 bridgehead atoms. The van der Waals surface area contributed by atoms with E-state index in [2.05, 4.69) is 28.1 Å². The van der Waals surface area contributed by atoms with Gasteiger partial charge in [0.15, 0.2) is 0 Å². The standard InChI is InChI=1S/C32H33N3O3/c1-23-7-6-10-27(21-23)31(36)35-30(22-24-11-13-26(14-12-24)25-8-4-3-5-9-25)32(37)34-20-19-33-28-15-17-29(38-2)18-16-28/h3-18,21,30,33H,19-20,22H2,1-2H3,(H,34,37)(H,35,36)/t30-/m0/s1. The Labute approximate surface area is 224 Å². The summed E-state index contributed by atoms with van der Waals surface area (Å²) in [4.78, 5) is 26.2. The molecule has 0 saturated heterocycles. The van der Waals surface area contributed by atoms with Crippen molar-refractivity contribution < 1.29 is 14.3 Å². The quantitative estimate of drug-likeness (QED) is 0.243. The summed E-state index contributed by atoms with van der Waals surface area (Å²) >= 11 is 0. The van der Waals surface area contributed by atoms with E-state index in [1.165, 1.54) is 0 Å². The number of aryl methyl sites for hydroxylation is 1. The molecule has 4 aromatic carbocycles. The molecule has 0 aliphatic heterocycles. The first kappa shape index (κ1) is 26.5. The summed E-state index contributed by atoms with van der Waals surface area (Å²) in [6, 6.07) is 32.5. The van der Waals surface area contributed by atoms with Crippen LogP contribution in [0.3, 0.4) is 0 Å². The van der Waals surface area contributed by atoms with Crippen molar-refractivity contribution in [3.8, 4) is 16.9 Å². The highest BCUT2D eigenvalue weighted by Crippen LogP contribution is 2.20. The zero-order valence-corrected chi connectivity index (χ0v) is 21.7. The van der Waals surface area contributed by atoms with Crippen molar-refractivity contribution in [2.24, 2.45) is 0 Å². The Morgan fingerprint density at radius 2 is 1.50 bits per heavy atom. The Morgan fingerprint density at radius 1 is 0.789 bits per heavy atom. The first-order valence-electron chi connectivity index (χ1n) is 12.7. The van der Waals surface area contributed by atoms with Crippen LogP contribution in [0.5, 0.6) is 5.75 Å². The van der Waals surface area contributed by atoms with Crippen LogP contribution in [0.4, 0.5) is 5.69 Å². The summed E-state index contributed by atoms with van der Waals surface area (Å²) in [7, 11) is 1.63. The Kier molecular flexibility index (Phi) is 9.13. The van der Waals surface area contributed by atoms with Crippen LogP contribution in [0.1, 0.15) is 21.5 Å². The van der Waals surface area contributed by atoms with Crippen molar-refractivity contribution in [1.82, 2.24) is 10.6 Å². The summed E-state index contributed by atoms with van der Waals surface area (Å²) in [5.74, 6) is 0.286. The Bertz CT molecular complexity index is 1340. The third-order valence-corrected chi connectivity index (χ3v) is 6.25. The van der Waals surface area contributed by atoms with Crippen molar-refractivity contribution in [2.75, 3.05) is 25.5 Å². The molecule has 6 heteroatoms. The predicted octanol–water partition coefficient (Wildman–Crippen LogP) is 5.24. The molecule has 0 heterocycles. The number of carbonyl (C=O) groups is 2. The fourth-order valence-electron chi connectivity index (χ4n) is 4.16. The lowest BCUT2D eigenvalue weighted by molar-refractivity contribution is -0.122. The van der Waals surface area contributed by atoms with Crippen LogP contribution in [0.2, 0.25) is 0 Å². The summed E-state index contributed by atoms with van der Waals surface area (Å²) in [5, 5.41) is 9.18. The SMILES string of the molecule is COc1ccc(NCCNC(=O)[C@H](Cc2ccc(-c3ccccc3)cc2)NC(=O)c2cccc(C)c2)cc1. The number of benzene rings is 4. The molecule has 1 atom stereocenters. The van der Waals surface area contributed by atoms with Crippen LogP contribution in [0.25, 0.3) is 11.1 Å². The zero-order chi connectivity index (χ0) is 26.7. The zero-order valence-electron chi connectivity index (χ0n) is 21.7. The van der Waals surface area contributed by atoms with Gasteiger partial charge in [0.05, 0.1) is 7.11 Å². The van der Waals surface area contributed by atoms with E-state index in [-0.39, 0.29) is 11.8 Å². The lowest BCUT2D eigenvalue weighted by Gasteiger charge is -2.19. The molecule has 4 rings (SSSR count). The molecule has 6 nitrogen and oxygen atoms in total. The van der Waals surface area contributed by atoms with E-state index in [9.17, 15) is 9.59 Å². The number of carbonyl (C=O) groups excluding carboxylic acids is 2. The first-order chi connectivity index (χ1) is 18.5. The van der Waals surface area contributed by atoms with Gasteiger partial charge in [0.25, 0.3) is 5.91 Å². The molecule has 0 saturated carbocycles. The van der Waals surface area contributed by atoms with Crippen LogP contribution in [0.15, 0.2) is 103 Å². The van der Waals surface area contributed by atoms with Gasteiger partial charge in [-0.25, -0.2) is 0 Å². The Morgan fingerprint density at radius 3 is 2.18 bits per heavy atom. The molecule has 2 amide bonds. The lowest BCUT2D eigenvalue weighted by atomic mass is 10.00. The normalized spacial score (nSPS) is 11.3. The predicted molar refractivity (Wildman–Crippen MR) is 153 cm³/mol. The third-order valence-electron chi connectivity index (χ3n) is 6.25. The molecule has 0 aliphatic rings. The fourth-order valence-corrected chi connectivity index (χ4v) is 4.16. The van der Waals surface area contributed by atoms with E-state index in [0.717, 1.165) is 33.7 Å². The van der Waals surface area contributed by atoms with Gasteiger partial charge in [0.2, 0.25) is 5.91 Å². The molecule has 3 N–H and O–H groups in total. The fraction of sp³-hybridized carbons (Fsp3) is 0.188. The number of amides is 2. The average Bonchev–Trinajstić information content (AvgIpc) is 2.96. The van der Waals surface area contributed by atoms with Gasteiger partial charge in [-0.15, -0.1) is 0 Å². The lowest BCUT2D eigenvalue weighted by Crippen LogP contribution is -2.48. The second-order valence-corrected chi connectivity index (χ2v) is 9.11. The maximum absolute atomic E-state index is 13.2. The number of anilines is 1. The Balaban J connectivity index is 1.40. The minimum atomic E-state index is -0.716. The maximum Gasteiger partial charge on any atom is 0.251 e. The van der Waals surface area contributed by atoms with Crippen LogP contribution >= 0.6 is 0 Å². The summed E-state index contributed by atoms with van der Waals surface area (Å²) < 4.78 is 5.18. The number of methoxy groups -OCH3 is 1. The number of rotatable bonds is 11. The smallest absolute Gasteiger partial charge is 0.251 e. The molecule has 0 spiro atoms. The molecule has 0 aromatic heterocycles. The van der Waals surface area contributed by atoms with Gasteiger partial charge >= 0.3 is 0 Å². The first-order valence-corrected chi connectivity index (χ1v) is 12.7. The molecular formula is C32H33N3O3. The highest BCUT2D eigenvalue weighted by molar-refractivity contribution is 5.97. The number of hydrogen-bond donors (Lipinski definition) is 3. The second kappa shape index (κ2) is 13.1. The topological polar surface area (TPSA) is 79.5 Å². The van der Waals surface area contributed by atoms with Crippen LogP contribution < -0.4 is 20.7 Å². The minimum Gasteiger partial charge on any atom is -0.497 e. The number of hydrogen-bond acceptors (Lipinski definition) is 4. The van der Waals surface area contributed by atoms with Gasteiger partial charge in [-0.05, 0) is 60.0 Å². The van der Waals surface area contributed by atoms with E-state index < -0.39 is 6.04 Å². The maximum atomic E-state index is 13.2. The number of nitrogens with one attached hydrogen (secondary N) is 3. The number of ether oxygens (including phenoxy) is 1. The van der Waals surface area contributed by atoms with E-state index in [0.29, 0.717) is 25.1 Å². The molecule has 38 heavy (non-hydrogen) atoms. The van der Waals surface area contributed by atoms with Gasteiger partial charge in [0.1, 0.15) is 11.8 Å². The van der Waals surface area contributed by atoms with Crippen molar-refractivity contribution >= 4 is 17.5 Å². The molecule has 0 aliphatic carbocycles. The van der Waals surface area contributed by atoms with Gasteiger partial charge in [0, 0.05) is 30.8 Å². The van der Waals surface area contributed by atoms with Crippen molar-refractivity contribution in [1.29, 1.82) is 0 Å². The minimum absolute atomic E-state index is 0.227. The highest BCUT2D eigenvalue weighted by Gasteiger charge is 2.22. The summed E-state index contributed by atoms with van der Waals surface area (Å²) in [5.41, 5.74) is 5.64. The highest BCUT2D eigenvalue weighted by atomic mass is 16.5. The molecule has 194 valence electrons. The summed E-state index contributed by atoms with van der Waals surface area (Å²) in [6.45, 7) is 2.89.